The lowest BCUT2D eigenvalue weighted by Gasteiger charge is -2.14. The first-order chi connectivity index (χ1) is 15.7. The van der Waals surface area contributed by atoms with E-state index in [0.717, 1.165) is 27.7 Å². The molecule has 1 N–H and O–H groups in total. The number of hydrogen-bond acceptors (Lipinski definition) is 4. The first kappa shape index (κ1) is 24.4. The molecule has 5 nitrogen and oxygen atoms in total. The molecule has 0 spiro atoms. The predicted molar refractivity (Wildman–Crippen MR) is 128 cm³/mol. The number of ether oxygens (including phenoxy) is 1. The maximum absolute atomic E-state index is 13.6. The second kappa shape index (κ2) is 10.6. The molecule has 2 aromatic carbocycles. The van der Waals surface area contributed by atoms with Crippen molar-refractivity contribution < 1.29 is 23.8 Å². The Hall–Kier alpha value is -3.25. The second-order valence-corrected chi connectivity index (χ2v) is 8.63. The largest absolute Gasteiger partial charge is 0.463 e. The standard InChI is InChI=1S/C27H30FNO4/c1-17(2)29-24-8-6-5-7-23(24)27(19-9-11-20(28)12-10-19)25(29)14-13-21(30)15-22(31)16-26(32)33-18(3)4/h5-14,17-18,21,30H,15-16H2,1-4H3/b14-13+/t21-/m0/s1. The van der Waals surface area contributed by atoms with E-state index in [0.29, 0.717) is 0 Å². The number of aliphatic hydroxyl groups excluding tert-OH is 1. The van der Waals surface area contributed by atoms with Crippen molar-refractivity contribution in [3.8, 4) is 11.1 Å². The van der Waals surface area contributed by atoms with Gasteiger partial charge in [0.25, 0.3) is 0 Å². The molecule has 1 aromatic heterocycles. The summed E-state index contributed by atoms with van der Waals surface area (Å²) in [6.07, 6.45) is 1.46. The zero-order valence-electron chi connectivity index (χ0n) is 19.4. The van der Waals surface area contributed by atoms with Gasteiger partial charge in [0.1, 0.15) is 18.0 Å². The number of rotatable bonds is 9. The van der Waals surface area contributed by atoms with Crippen LogP contribution in [-0.2, 0) is 14.3 Å². The number of aliphatic hydroxyl groups is 1. The summed E-state index contributed by atoms with van der Waals surface area (Å²) in [5.41, 5.74) is 3.65. The molecular formula is C27H30FNO4. The van der Waals surface area contributed by atoms with Gasteiger partial charge in [0.05, 0.1) is 12.2 Å². The molecule has 0 amide bonds. The monoisotopic (exact) mass is 451 g/mol. The number of carbonyl (C=O) groups is 2. The molecule has 3 aromatic rings. The van der Waals surface area contributed by atoms with Crippen LogP contribution >= 0.6 is 0 Å². The van der Waals surface area contributed by atoms with Gasteiger partial charge < -0.3 is 14.4 Å². The lowest BCUT2D eigenvalue weighted by molar-refractivity contribution is -0.149. The molecular weight excluding hydrogens is 421 g/mol. The third-order valence-corrected chi connectivity index (χ3v) is 5.22. The summed E-state index contributed by atoms with van der Waals surface area (Å²) in [4.78, 5) is 23.9. The van der Waals surface area contributed by atoms with Crippen LogP contribution < -0.4 is 0 Å². The maximum atomic E-state index is 13.6. The second-order valence-electron chi connectivity index (χ2n) is 8.63. The fourth-order valence-corrected chi connectivity index (χ4v) is 3.96. The topological polar surface area (TPSA) is 68.5 Å². The number of halogens is 1. The Morgan fingerprint density at radius 3 is 2.36 bits per heavy atom. The molecule has 0 radical (unpaired) electrons. The number of esters is 1. The molecule has 6 heteroatoms. The maximum Gasteiger partial charge on any atom is 0.313 e. The SMILES string of the molecule is CC(C)OC(=O)CC(=O)C[C@@H](O)/C=C/c1c(-c2ccc(F)cc2)c2ccccc2n1C(C)C. The third kappa shape index (κ3) is 5.96. The van der Waals surface area contributed by atoms with Crippen LogP contribution in [0.2, 0.25) is 0 Å². The van der Waals surface area contributed by atoms with Crippen LogP contribution in [0.15, 0.2) is 54.6 Å². The van der Waals surface area contributed by atoms with Gasteiger partial charge in [-0.2, -0.15) is 0 Å². The summed E-state index contributed by atoms with van der Waals surface area (Å²) in [5.74, 6) is -1.29. The molecule has 0 aliphatic rings. The number of fused-ring (bicyclic) bond motifs is 1. The lowest BCUT2D eigenvalue weighted by atomic mass is 10.0. The molecule has 3 rings (SSSR count). The highest BCUT2D eigenvalue weighted by Gasteiger charge is 2.19. The van der Waals surface area contributed by atoms with Crippen LogP contribution in [0.3, 0.4) is 0 Å². The quantitative estimate of drug-likeness (QED) is 0.335. The van der Waals surface area contributed by atoms with Crippen molar-refractivity contribution in [2.75, 3.05) is 0 Å². The van der Waals surface area contributed by atoms with Crippen molar-refractivity contribution in [3.63, 3.8) is 0 Å². The zero-order valence-corrected chi connectivity index (χ0v) is 19.4. The Kier molecular flexibility index (Phi) is 7.82. The predicted octanol–water partition coefficient (Wildman–Crippen LogP) is 5.70. The summed E-state index contributed by atoms with van der Waals surface area (Å²) in [7, 11) is 0. The van der Waals surface area contributed by atoms with Gasteiger partial charge >= 0.3 is 5.97 Å². The number of hydrogen-bond donors (Lipinski definition) is 1. The summed E-state index contributed by atoms with van der Waals surface area (Å²) in [5, 5.41) is 11.5. The van der Waals surface area contributed by atoms with Crippen LogP contribution in [0.5, 0.6) is 0 Å². The molecule has 0 saturated heterocycles. The highest BCUT2D eigenvalue weighted by Crippen LogP contribution is 2.38. The zero-order chi connectivity index (χ0) is 24.1. The van der Waals surface area contributed by atoms with Gasteiger partial charge in [0.15, 0.2) is 0 Å². The molecule has 0 bridgehead atoms. The summed E-state index contributed by atoms with van der Waals surface area (Å²) < 4.78 is 20.7. The van der Waals surface area contributed by atoms with E-state index in [-0.39, 0.29) is 36.6 Å². The van der Waals surface area contributed by atoms with Gasteiger partial charge in [-0.05, 0) is 57.5 Å². The van der Waals surface area contributed by atoms with E-state index in [2.05, 4.69) is 18.4 Å². The normalized spacial score (nSPS) is 12.7. The van der Waals surface area contributed by atoms with Crippen molar-refractivity contribution in [3.05, 3.63) is 66.1 Å². The first-order valence-electron chi connectivity index (χ1n) is 11.1. The molecule has 0 aliphatic carbocycles. The van der Waals surface area contributed by atoms with E-state index < -0.39 is 12.1 Å². The van der Waals surface area contributed by atoms with Gasteiger partial charge in [0, 0.05) is 34.6 Å². The van der Waals surface area contributed by atoms with Crippen LogP contribution in [-0.4, -0.2) is 33.6 Å². The number of carbonyl (C=O) groups excluding carboxylic acids is 2. The highest BCUT2D eigenvalue weighted by molar-refractivity contribution is 6.01. The Balaban J connectivity index is 1.94. The Morgan fingerprint density at radius 2 is 1.73 bits per heavy atom. The van der Waals surface area contributed by atoms with Crippen molar-refractivity contribution in [1.29, 1.82) is 0 Å². The number of ketones is 1. The Morgan fingerprint density at radius 1 is 1.06 bits per heavy atom. The van der Waals surface area contributed by atoms with Crippen LogP contribution in [0.4, 0.5) is 4.39 Å². The van der Waals surface area contributed by atoms with Crippen LogP contribution in [0, 0.1) is 5.82 Å². The minimum atomic E-state index is -1.05. The Labute approximate surface area is 193 Å². The number of nitrogens with zero attached hydrogens (tertiary/aromatic N) is 1. The molecule has 1 atom stereocenters. The van der Waals surface area contributed by atoms with Gasteiger partial charge in [-0.15, -0.1) is 0 Å². The number of Topliss-reactive ketones (excluding diaryl/α,β-unsaturated/α-hetero) is 1. The summed E-state index contributed by atoms with van der Waals surface area (Å²) in [6.45, 7) is 7.57. The van der Waals surface area contributed by atoms with Crippen molar-refractivity contribution >= 4 is 28.7 Å². The van der Waals surface area contributed by atoms with Crippen molar-refractivity contribution in [2.45, 2.75) is 58.8 Å². The third-order valence-electron chi connectivity index (χ3n) is 5.22. The Bertz CT molecular complexity index is 1160. The molecule has 174 valence electrons. The number of aromatic nitrogens is 1. The fraction of sp³-hybridized carbons (Fsp3) is 0.333. The minimum Gasteiger partial charge on any atom is -0.463 e. The highest BCUT2D eigenvalue weighted by atomic mass is 19.1. The minimum absolute atomic E-state index is 0.119. The van der Waals surface area contributed by atoms with E-state index in [9.17, 15) is 19.1 Å². The molecule has 0 fully saturated rings. The number of benzene rings is 2. The van der Waals surface area contributed by atoms with E-state index in [4.69, 9.17) is 4.74 Å². The number of para-hydroxylation sites is 1. The molecule has 33 heavy (non-hydrogen) atoms. The van der Waals surface area contributed by atoms with E-state index in [1.807, 2.05) is 24.3 Å². The van der Waals surface area contributed by atoms with E-state index >= 15 is 0 Å². The van der Waals surface area contributed by atoms with Crippen LogP contribution in [0.25, 0.3) is 28.1 Å². The van der Waals surface area contributed by atoms with Crippen LogP contribution in [0.1, 0.15) is 52.3 Å². The van der Waals surface area contributed by atoms with Crippen molar-refractivity contribution in [2.24, 2.45) is 0 Å². The summed E-state index contributed by atoms with van der Waals surface area (Å²) >= 11 is 0. The summed E-state index contributed by atoms with van der Waals surface area (Å²) in [6, 6.07) is 14.4. The fourth-order valence-electron chi connectivity index (χ4n) is 3.96. The molecule has 1 heterocycles. The van der Waals surface area contributed by atoms with Gasteiger partial charge in [-0.3, -0.25) is 9.59 Å². The molecule has 0 saturated carbocycles. The van der Waals surface area contributed by atoms with Crippen molar-refractivity contribution in [1.82, 2.24) is 4.57 Å². The van der Waals surface area contributed by atoms with Gasteiger partial charge in [0.2, 0.25) is 0 Å². The average molecular weight is 452 g/mol. The first-order valence-corrected chi connectivity index (χ1v) is 11.1. The molecule has 0 aliphatic heterocycles. The smallest absolute Gasteiger partial charge is 0.313 e. The van der Waals surface area contributed by atoms with E-state index in [1.165, 1.54) is 12.1 Å². The van der Waals surface area contributed by atoms with E-state index in [1.54, 1.807) is 38.1 Å². The average Bonchev–Trinajstić information content (AvgIpc) is 3.06. The van der Waals surface area contributed by atoms with Gasteiger partial charge in [-0.1, -0.05) is 36.4 Å². The lowest BCUT2D eigenvalue weighted by Crippen LogP contribution is -2.18. The van der Waals surface area contributed by atoms with Gasteiger partial charge in [-0.25, -0.2) is 4.39 Å². The molecule has 0 unspecified atom stereocenters.